The minimum Gasteiger partial charge on any atom is -0.507 e. The van der Waals surface area contributed by atoms with Gasteiger partial charge in [0.05, 0.1) is 18.7 Å². The van der Waals surface area contributed by atoms with Gasteiger partial charge in [0.1, 0.15) is 28.9 Å². The van der Waals surface area contributed by atoms with Crippen LogP contribution in [0.15, 0.2) is 78.4 Å². The summed E-state index contributed by atoms with van der Waals surface area (Å²) >= 11 is 1.20. The van der Waals surface area contributed by atoms with Gasteiger partial charge in [-0.1, -0.05) is 53.3 Å². The third-order valence-electron chi connectivity index (χ3n) is 6.21. The summed E-state index contributed by atoms with van der Waals surface area (Å²) in [5, 5.41) is 20.4. The summed E-state index contributed by atoms with van der Waals surface area (Å²) in [5.74, 6) is -0.617. The summed E-state index contributed by atoms with van der Waals surface area (Å²) in [6.45, 7) is 4.19. The van der Waals surface area contributed by atoms with Crippen LogP contribution in [0, 0.1) is 13.8 Å². The van der Waals surface area contributed by atoms with Gasteiger partial charge in [0.25, 0.3) is 5.78 Å². The highest BCUT2D eigenvalue weighted by Gasteiger charge is 2.48. The van der Waals surface area contributed by atoms with Crippen molar-refractivity contribution in [1.29, 1.82) is 0 Å². The first-order valence-corrected chi connectivity index (χ1v) is 12.7. The minimum atomic E-state index is -0.884. The fraction of sp³-hybridized carbons (Fsp3) is 0.172. The Morgan fingerprint density at radius 3 is 2.32 bits per heavy atom. The van der Waals surface area contributed by atoms with Crippen LogP contribution in [-0.2, 0) is 16.2 Å². The van der Waals surface area contributed by atoms with E-state index in [2.05, 4.69) is 16.3 Å². The summed E-state index contributed by atoms with van der Waals surface area (Å²) in [6.07, 6.45) is 0. The molecule has 1 amide bonds. The van der Waals surface area contributed by atoms with Crippen LogP contribution in [0.2, 0.25) is 0 Å². The zero-order chi connectivity index (χ0) is 26.8. The van der Waals surface area contributed by atoms with Crippen molar-refractivity contribution < 1.29 is 24.2 Å². The van der Waals surface area contributed by atoms with Crippen molar-refractivity contribution in [2.45, 2.75) is 26.5 Å². The van der Waals surface area contributed by atoms with Crippen LogP contribution >= 0.6 is 11.3 Å². The second-order valence-corrected chi connectivity index (χ2v) is 10.0. The van der Waals surface area contributed by atoms with E-state index in [-0.39, 0.29) is 16.5 Å². The van der Waals surface area contributed by atoms with Crippen LogP contribution in [0.1, 0.15) is 33.3 Å². The zero-order valence-electron chi connectivity index (χ0n) is 21.0. The largest absolute Gasteiger partial charge is 0.507 e. The number of amides is 1. The smallest absolute Gasteiger partial charge is 0.301 e. The van der Waals surface area contributed by atoms with Crippen LogP contribution in [0.25, 0.3) is 5.76 Å². The monoisotopic (exact) mass is 527 g/mol. The van der Waals surface area contributed by atoms with Gasteiger partial charge in [-0.05, 0) is 61.4 Å². The Bertz CT molecular complexity index is 1530. The van der Waals surface area contributed by atoms with Crippen molar-refractivity contribution in [1.82, 2.24) is 10.2 Å². The number of aromatic nitrogens is 2. The van der Waals surface area contributed by atoms with Gasteiger partial charge in [0.2, 0.25) is 5.13 Å². The molecule has 4 aromatic rings. The fourth-order valence-corrected chi connectivity index (χ4v) is 5.06. The number of hydrogen-bond donors (Lipinski definition) is 1. The van der Waals surface area contributed by atoms with Crippen LogP contribution in [0.3, 0.4) is 0 Å². The quantitative estimate of drug-likeness (QED) is 0.196. The lowest BCUT2D eigenvalue weighted by atomic mass is 9.95. The molecule has 8 nitrogen and oxygen atoms in total. The predicted molar refractivity (Wildman–Crippen MR) is 144 cm³/mol. The molecule has 3 aromatic carbocycles. The van der Waals surface area contributed by atoms with E-state index in [1.54, 1.807) is 62.6 Å². The molecule has 5 rings (SSSR count). The van der Waals surface area contributed by atoms with E-state index in [1.807, 2.05) is 25.1 Å². The second kappa shape index (κ2) is 10.5. The van der Waals surface area contributed by atoms with Crippen LogP contribution in [0.4, 0.5) is 5.13 Å². The SMILES string of the molecule is COc1ccc(C2C(=C(O)c3ccc(OCc4cccc(C)c4)cc3)C(=O)C(=O)N2c2nnc(C)s2)cc1. The van der Waals surface area contributed by atoms with Gasteiger partial charge in [-0.2, -0.15) is 0 Å². The molecule has 1 aromatic heterocycles. The first kappa shape index (κ1) is 25.2. The Labute approximate surface area is 223 Å². The maximum absolute atomic E-state index is 13.3. The number of aliphatic hydroxyl groups excluding tert-OH is 1. The molecule has 0 saturated carbocycles. The lowest BCUT2D eigenvalue weighted by molar-refractivity contribution is -0.132. The van der Waals surface area contributed by atoms with Crippen molar-refractivity contribution in [2.75, 3.05) is 12.0 Å². The van der Waals surface area contributed by atoms with Gasteiger partial charge in [0, 0.05) is 5.56 Å². The van der Waals surface area contributed by atoms with Crippen molar-refractivity contribution in [3.05, 3.63) is 106 Å². The van der Waals surface area contributed by atoms with Gasteiger partial charge in [-0.15, -0.1) is 10.2 Å². The molecule has 0 bridgehead atoms. The molecule has 38 heavy (non-hydrogen) atoms. The first-order valence-electron chi connectivity index (χ1n) is 11.9. The average molecular weight is 528 g/mol. The Hall–Kier alpha value is -4.50. The van der Waals surface area contributed by atoms with Crippen molar-refractivity contribution in [3.63, 3.8) is 0 Å². The number of aliphatic hydroxyl groups is 1. The molecule has 0 spiro atoms. The number of rotatable bonds is 7. The first-order chi connectivity index (χ1) is 18.4. The molecule has 2 heterocycles. The Morgan fingerprint density at radius 1 is 0.974 bits per heavy atom. The molecule has 192 valence electrons. The number of hydrogen-bond acceptors (Lipinski definition) is 8. The lowest BCUT2D eigenvalue weighted by Crippen LogP contribution is -2.29. The number of Topliss-reactive ketones (excluding diaryl/α,β-unsaturated/α-hetero) is 1. The van der Waals surface area contributed by atoms with Crippen LogP contribution in [-0.4, -0.2) is 34.1 Å². The lowest BCUT2D eigenvalue weighted by Gasteiger charge is -2.22. The fourth-order valence-electron chi connectivity index (χ4n) is 4.35. The number of methoxy groups -OCH3 is 1. The predicted octanol–water partition coefficient (Wildman–Crippen LogP) is 5.37. The summed E-state index contributed by atoms with van der Waals surface area (Å²) in [7, 11) is 1.55. The molecule has 1 saturated heterocycles. The molecule has 1 atom stereocenters. The molecule has 9 heteroatoms. The van der Waals surface area contributed by atoms with Gasteiger partial charge >= 0.3 is 5.91 Å². The van der Waals surface area contributed by atoms with Gasteiger partial charge < -0.3 is 14.6 Å². The maximum Gasteiger partial charge on any atom is 0.301 e. The zero-order valence-corrected chi connectivity index (χ0v) is 21.9. The Kier molecular flexibility index (Phi) is 6.93. The molecule has 1 N–H and O–H groups in total. The molecule has 0 radical (unpaired) electrons. The summed E-state index contributed by atoms with van der Waals surface area (Å²) in [4.78, 5) is 27.8. The number of ether oxygens (including phenoxy) is 2. The van der Waals surface area contributed by atoms with E-state index >= 15 is 0 Å². The maximum atomic E-state index is 13.3. The van der Waals surface area contributed by atoms with E-state index in [9.17, 15) is 14.7 Å². The number of anilines is 1. The van der Waals surface area contributed by atoms with Crippen molar-refractivity contribution >= 4 is 33.9 Å². The second-order valence-electron chi connectivity index (χ2n) is 8.85. The third-order valence-corrected chi connectivity index (χ3v) is 7.05. The molecule has 1 aliphatic heterocycles. The minimum absolute atomic E-state index is 0.0264. The molecular formula is C29H25N3O5S. The Morgan fingerprint density at radius 2 is 1.68 bits per heavy atom. The van der Waals surface area contributed by atoms with Crippen LogP contribution in [0.5, 0.6) is 11.5 Å². The Balaban J connectivity index is 1.50. The van der Waals surface area contributed by atoms with Crippen molar-refractivity contribution in [2.24, 2.45) is 0 Å². The number of aryl methyl sites for hydroxylation is 2. The number of nitrogens with zero attached hydrogens (tertiary/aromatic N) is 3. The normalized spacial score (nSPS) is 16.6. The van der Waals surface area contributed by atoms with Gasteiger partial charge in [-0.25, -0.2) is 0 Å². The summed E-state index contributed by atoms with van der Waals surface area (Å²) in [5.41, 5.74) is 3.18. The van der Waals surface area contributed by atoms with E-state index < -0.39 is 17.7 Å². The highest BCUT2D eigenvalue weighted by atomic mass is 32.1. The number of ketones is 1. The molecule has 1 aliphatic rings. The number of benzene rings is 3. The number of carbonyl (C=O) groups is 2. The van der Waals surface area contributed by atoms with E-state index in [4.69, 9.17) is 9.47 Å². The van der Waals surface area contributed by atoms with Gasteiger partial charge in [-0.3, -0.25) is 14.5 Å². The molecule has 1 fully saturated rings. The molecule has 1 unspecified atom stereocenters. The average Bonchev–Trinajstić information content (AvgIpc) is 3.47. The van der Waals surface area contributed by atoms with Crippen molar-refractivity contribution in [3.8, 4) is 11.5 Å². The van der Waals surface area contributed by atoms with E-state index in [0.29, 0.717) is 34.2 Å². The third kappa shape index (κ3) is 4.88. The molecular weight excluding hydrogens is 502 g/mol. The number of carbonyl (C=O) groups excluding carboxylic acids is 2. The van der Waals surface area contributed by atoms with Crippen LogP contribution < -0.4 is 14.4 Å². The van der Waals surface area contributed by atoms with E-state index in [0.717, 1.165) is 11.1 Å². The summed E-state index contributed by atoms with van der Waals surface area (Å²) < 4.78 is 11.1. The molecule has 0 aliphatic carbocycles. The standard InChI is InChI=1S/C29H25N3O5S/c1-17-5-4-6-19(15-17)16-37-23-13-9-21(10-14-23)26(33)24-25(20-7-11-22(36-3)12-8-20)32(28(35)27(24)34)29-31-30-18(2)38-29/h4-15,25,33H,16H2,1-3H3. The van der Waals surface area contributed by atoms with E-state index in [1.165, 1.54) is 16.2 Å². The summed E-state index contributed by atoms with van der Waals surface area (Å²) in [6, 6.07) is 20.9. The topological polar surface area (TPSA) is 102 Å². The highest BCUT2D eigenvalue weighted by molar-refractivity contribution is 7.15. The highest BCUT2D eigenvalue weighted by Crippen LogP contribution is 2.43. The van der Waals surface area contributed by atoms with Gasteiger partial charge in [0.15, 0.2) is 0 Å².